The largest absolute Gasteiger partial charge is 0.504 e. The molecule has 0 amide bonds. The molecule has 1 rings (SSSR count). The van der Waals surface area contributed by atoms with Crippen molar-refractivity contribution in [2.75, 3.05) is 0 Å². The van der Waals surface area contributed by atoms with Gasteiger partial charge >= 0.3 is 0 Å². The monoisotopic (exact) mass is 308 g/mol. The van der Waals surface area contributed by atoms with E-state index in [1.807, 2.05) is 6.92 Å². The minimum Gasteiger partial charge on any atom is -0.504 e. The summed E-state index contributed by atoms with van der Waals surface area (Å²) in [6.07, 6.45) is 1.65. The van der Waals surface area contributed by atoms with Crippen LogP contribution in [-0.4, -0.2) is 10.2 Å². The summed E-state index contributed by atoms with van der Waals surface area (Å²) in [6, 6.07) is 1.47. The van der Waals surface area contributed by atoms with E-state index < -0.39 is 0 Å². The number of halogens is 2. The molecule has 0 saturated heterocycles. The van der Waals surface area contributed by atoms with Crippen molar-refractivity contribution in [3.05, 3.63) is 20.6 Å². The molecule has 0 saturated carbocycles. The molecule has 0 bridgehead atoms. The Bertz CT molecular complexity index is 298. The van der Waals surface area contributed by atoms with Gasteiger partial charge < -0.3 is 10.2 Å². The molecule has 0 radical (unpaired) electrons. The zero-order valence-corrected chi connectivity index (χ0v) is 10.3. The molecule has 2 N–H and O–H groups in total. The first-order valence-corrected chi connectivity index (χ1v) is 5.55. The van der Waals surface area contributed by atoms with Crippen LogP contribution in [0.4, 0.5) is 0 Å². The summed E-state index contributed by atoms with van der Waals surface area (Å²) in [5.41, 5.74) is 0.745. The third-order valence-electron chi connectivity index (χ3n) is 1.77. The van der Waals surface area contributed by atoms with Gasteiger partial charge in [-0.2, -0.15) is 0 Å². The molecule has 0 atom stereocenters. The van der Waals surface area contributed by atoms with Crippen LogP contribution in [0, 0.1) is 0 Å². The number of aromatic hydroxyl groups is 2. The molecule has 0 aromatic heterocycles. The third-order valence-corrected chi connectivity index (χ3v) is 3.83. The van der Waals surface area contributed by atoms with E-state index in [-0.39, 0.29) is 11.5 Å². The number of rotatable bonds is 2. The van der Waals surface area contributed by atoms with Crippen LogP contribution in [0.2, 0.25) is 0 Å². The van der Waals surface area contributed by atoms with Crippen LogP contribution in [0.1, 0.15) is 18.9 Å². The van der Waals surface area contributed by atoms with E-state index in [1.54, 1.807) is 0 Å². The van der Waals surface area contributed by atoms with Gasteiger partial charge in [0.1, 0.15) is 0 Å². The summed E-state index contributed by atoms with van der Waals surface area (Å²) in [5, 5.41) is 18.9. The fourth-order valence-electron chi connectivity index (χ4n) is 1.13. The van der Waals surface area contributed by atoms with Crippen molar-refractivity contribution in [2.45, 2.75) is 19.8 Å². The minimum absolute atomic E-state index is 0.0306. The number of benzene rings is 1. The first kappa shape index (κ1) is 10.9. The Balaban J connectivity index is 3.28. The second-order valence-electron chi connectivity index (χ2n) is 2.77. The lowest BCUT2D eigenvalue weighted by atomic mass is 10.1. The van der Waals surface area contributed by atoms with Crippen molar-refractivity contribution in [3.63, 3.8) is 0 Å². The smallest absolute Gasteiger partial charge is 0.161 e. The molecular formula is C9H10Br2O2. The molecule has 1 aromatic rings. The van der Waals surface area contributed by atoms with Gasteiger partial charge in [-0.1, -0.05) is 13.3 Å². The number of hydrogen-bond acceptors (Lipinski definition) is 2. The normalized spacial score (nSPS) is 10.4. The van der Waals surface area contributed by atoms with Crippen LogP contribution >= 0.6 is 31.9 Å². The van der Waals surface area contributed by atoms with Gasteiger partial charge in [-0.15, -0.1) is 0 Å². The fraction of sp³-hybridized carbons (Fsp3) is 0.333. The second kappa shape index (κ2) is 4.33. The van der Waals surface area contributed by atoms with Gasteiger partial charge in [0.2, 0.25) is 0 Å². The predicted molar refractivity (Wildman–Crippen MR) is 59.2 cm³/mol. The highest BCUT2D eigenvalue weighted by atomic mass is 79.9. The molecule has 1 aromatic carbocycles. The summed E-state index contributed by atoms with van der Waals surface area (Å²) in [4.78, 5) is 0. The average molecular weight is 310 g/mol. The van der Waals surface area contributed by atoms with E-state index in [2.05, 4.69) is 31.9 Å². The topological polar surface area (TPSA) is 40.5 Å². The van der Waals surface area contributed by atoms with E-state index in [1.165, 1.54) is 6.07 Å². The van der Waals surface area contributed by atoms with Crippen molar-refractivity contribution >= 4 is 31.9 Å². The van der Waals surface area contributed by atoms with Gasteiger partial charge in [0.25, 0.3) is 0 Å². The molecule has 0 heterocycles. The molecular weight excluding hydrogens is 300 g/mol. The van der Waals surface area contributed by atoms with Crippen molar-refractivity contribution in [1.29, 1.82) is 0 Å². The molecule has 4 heteroatoms. The summed E-state index contributed by atoms with van der Waals surface area (Å²) in [6.45, 7) is 2.02. The van der Waals surface area contributed by atoms with Gasteiger partial charge in [0.15, 0.2) is 11.5 Å². The maximum absolute atomic E-state index is 9.53. The van der Waals surface area contributed by atoms with Crippen molar-refractivity contribution in [2.24, 2.45) is 0 Å². The van der Waals surface area contributed by atoms with Gasteiger partial charge in [0, 0.05) is 14.5 Å². The SMILES string of the molecule is CCCc1c(O)c(O)cc(Br)c1Br. The highest BCUT2D eigenvalue weighted by molar-refractivity contribution is 9.13. The first-order chi connectivity index (χ1) is 6.07. The molecule has 72 valence electrons. The van der Waals surface area contributed by atoms with Crippen LogP contribution in [0.15, 0.2) is 15.0 Å². The van der Waals surface area contributed by atoms with E-state index in [0.29, 0.717) is 0 Å². The Morgan fingerprint density at radius 3 is 2.46 bits per heavy atom. The van der Waals surface area contributed by atoms with Crippen LogP contribution in [0.25, 0.3) is 0 Å². The van der Waals surface area contributed by atoms with Crippen molar-refractivity contribution in [1.82, 2.24) is 0 Å². The van der Waals surface area contributed by atoms with Gasteiger partial charge in [-0.25, -0.2) is 0 Å². The number of hydrogen-bond donors (Lipinski definition) is 2. The minimum atomic E-state index is -0.0847. The third kappa shape index (κ3) is 2.17. The Morgan fingerprint density at radius 2 is 1.92 bits per heavy atom. The molecule has 0 unspecified atom stereocenters. The molecule has 2 nitrogen and oxygen atoms in total. The molecule has 0 aliphatic heterocycles. The lowest BCUT2D eigenvalue weighted by Crippen LogP contribution is -1.88. The van der Waals surface area contributed by atoms with Gasteiger partial charge in [-0.05, 0) is 44.3 Å². The summed E-state index contributed by atoms with van der Waals surface area (Å²) < 4.78 is 1.57. The Morgan fingerprint density at radius 1 is 1.31 bits per heavy atom. The van der Waals surface area contributed by atoms with Crippen LogP contribution in [0.5, 0.6) is 11.5 Å². The highest BCUT2D eigenvalue weighted by Gasteiger charge is 2.13. The Labute approximate surface area is 93.8 Å². The number of phenolic OH excluding ortho intramolecular Hbond substituents is 2. The van der Waals surface area contributed by atoms with Crippen molar-refractivity contribution in [3.8, 4) is 11.5 Å². The fourth-order valence-corrected chi connectivity index (χ4v) is 2.09. The van der Waals surface area contributed by atoms with Crippen LogP contribution < -0.4 is 0 Å². The standard InChI is InChI=1S/C9H10Br2O2/c1-2-3-5-8(11)6(10)4-7(12)9(5)13/h4,12-13H,2-3H2,1H3. The summed E-state index contributed by atoms with van der Waals surface area (Å²) in [7, 11) is 0. The number of phenols is 2. The molecule has 0 aliphatic rings. The lowest BCUT2D eigenvalue weighted by Gasteiger charge is -2.09. The van der Waals surface area contributed by atoms with Crippen LogP contribution in [-0.2, 0) is 6.42 Å². The zero-order valence-electron chi connectivity index (χ0n) is 7.14. The van der Waals surface area contributed by atoms with Gasteiger partial charge in [0.05, 0.1) is 0 Å². The first-order valence-electron chi connectivity index (χ1n) is 3.96. The van der Waals surface area contributed by atoms with Crippen LogP contribution in [0.3, 0.4) is 0 Å². The highest BCUT2D eigenvalue weighted by Crippen LogP contribution is 2.40. The van der Waals surface area contributed by atoms with Gasteiger partial charge in [-0.3, -0.25) is 0 Å². The van der Waals surface area contributed by atoms with Crippen molar-refractivity contribution < 1.29 is 10.2 Å². The second-order valence-corrected chi connectivity index (χ2v) is 4.42. The van der Waals surface area contributed by atoms with E-state index in [0.717, 1.165) is 27.4 Å². The zero-order chi connectivity index (χ0) is 10.0. The maximum atomic E-state index is 9.53. The summed E-state index contributed by atoms with van der Waals surface area (Å²) >= 11 is 6.63. The average Bonchev–Trinajstić information content (AvgIpc) is 2.09. The summed E-state index contributed by atoms with van der Waals surface area (Å²) in [5.74, 6) is -0.115. The van der Waals surface area contributed by atoms with E-state index in [9.17, 15) is 10.2 Å². The quantitative estimate of drug-likeness (QED) is 0.820. The molecule has 0 aliphatic carbocycles. The maximum Gasteiger partial charge on any atom is 0.161 e. The molecule has 0 fully saturated rings. The molecule has 0 spiro atoms. The Kier molecular flexibility index (Phi) is 3.62. The Hall–Kier alpha value is -0.220. The van der Waals surface area contributed by atoms with E-state index >= 15 is 0 Å². The molecule has 13 heavy (non-hydrogen) atoms. The lowest BCUT2D eigenvalue weighted by molar-refractivity contribution is 0.398. The predicted octanol–water partition coefficient (Wildman–Crippen LogP) is 3.58. The van der Waals surface area contributed by atoms with E-state index in [4.69, 9.17) is 0 Å².